The first-order valence-corrected chi connectivity index (χ1v) is 6.35. The first-order valence-electron chi connectivity index (χ1n) is 5.94. The minimum absolute atomic E-state index is 0. The van der Waals surface area contributed by atoms with E-state index < -0.39 is 0 Å². The number of likely N-dealkylation sites (N-methyl/N-ethyl adjacent to an activating group) is 1. The molecule has 0 bridgehead atoms. The summed E-state index contributed by atoms with van der Waals surface area (Å²) in [5.41, 5.74) is -0.172. The van der Waals surface area contributed by atoms with Crippen LogP contribution in [0.2, 0.25) is 0 Å². The predicted molar refractivity (Wildman–Crippen MR) is 78.5 cm³/mol. The lowest BCUT2D eigenvalue weighted by Crippen LogP contribution is -3.00. The van der Waals surface area contributed by atoms with E-state index in [0.29, 0.717) is 6.54 Å². The molecule has 1 aromatic heterocycles. The number of hydrogen-bond donors (Lipinski definition) is 1. The minimum Gasteiger partial charge on any atom is -1.00 e. The lowest BCUT2D eigenvalue weighted by atomic mass is 10.3. The van der Waals surface area contributed by atoms with Gasteiger partial charge in [-0.05, 0) is 12.2 Å². The van der Waals surface area contributed by atoms with E-state index in [9.17, 15) is 9.90 Å². The molecule has 0 unspecified atom stereocenters. The Labute approximate surface area is 141 Å². The lowest BCUT2D eigenvalue weighted by Gasteiger charge is -2.22. The topological polar surface area (TPSA) is 59.5 Å². The quantitative estimate of drug-likeness (QED) is 0.253. The first kappa shape index (κ1) is 19.3. The Morgan fingerprint density at radius 1 is 1.30 bits per heavy atom. The van der Waals surface area contributed by atoms with Crippen LogP contribution in [0.1, 0.15) is 5.56 Å². The molecule has 0 amide bonds. The van der Waals surface area contributed by atoms with E-state index in [4.69, 9.17) is 12.2 Å². The Bertz CT molecular complexity index is 614. The van der Waals surface area contributed by atoms with Crippen molar-refractivity contribution in [1.82, 2.24) is 9.13 Å². The van der Waals surface area contributed by atoms with Crippen LogP contribution < -0.4 is 29.5 Å². The van der Waals surface area contributed by atoms with Crippen LogP contribution in [0.3, 0.4) is 0 Å². The zero-order chi connectivity index (χ0) is 14.8. The van der Waals surface area contributed by atoms with Gasteiger partial charge in [0.1, 0.15) is 5.56 Å². The van der Waals surface area contributed by atoms with Crippen LogP contribution in [0.4, 0.5) is 0 Å². The highest BCUT2D eigenvalue weighted by Gasteiger charge is 2.11. The van der Waals surface area contributed by atoms with Crippen molar-refractivity contribution in [3.05, 3.63) is 20.7 Å². The molecule has 8 heteroatoms. The number of aromatic hydroxyl groups is 1. The van der Waals surface area contributed by atoms with Crippen molar-refractivity contribution < 1.29 is 33.6 Å². The smallest absolute Gasteiger partial charge is 0.266 e. The summed E-state index contributed by atoms with van der Waals surface area (Å²) in [7, 11) is 9.39. The average Bonchev–Trinajstić information content (AvgIpc) is 2.32. The summed E-state index contributed by atoms with van der Waals surface area (Å²) in [5, 5.41) is 9.93. The van der Waals surface area contributed by atoms with Crippen molar-refractivity contribution in [1.29, 1.82) is 0 Å². The Kier molecular flexibility index (Phi) is 7.05. The van der Waals surface area contributed by atoms with Crippen molar-refractivity contribution in [3.8, 4) is 5.88 Å². The molecule has 0 aliphatic carbocycles. The Morgan fingerprint density at radius 3 is 2.35 bits per heavy atom. The maximum absolute atomic E-state index is 12.0. The van der Waals surface area contributed by atoms with Gasteiger partial charge >= 0.3 is 0 Å². The predicted octanol–water partition coefficient (Wildman–Crippen LogP) is -2.71. The second-order valence-electron chi connectivity index (χ2n) is 5.49. The van der Waals surface area contributed by atoms with Crippen molar-refractivity contribution >= 4 is 18.4 Å². The molecule has 1 N–H and O–H groups in total. The maximum atomic E-state index is 12.0. The summed E-state index contributed by atoms with van der Waals surface area (Å²) in [4.78, 5) is 16.2. The molecule has 0 aromatic carbocycles. The van der Waals surface area contributed by atoms with Crippen LogP contribution in [-0.2, 0) is 14.1 Å². The van der Waals surface area contributed by atoms with Crippen LogP contribution in [0.15, 0.2) is 9.79 Å². The molecule has 20 heavy (non-hydrogen) atoms. The third kappa shape index (κ3) is 4.67. The van der Waals surface area contributed by atoms with E-state index >= 15 is 0 Å². The second-order valence-corrected chi connectivity index (χ2v) is 5.86. The molecule has 0 aliphatic heterocycles. The van der Waals surface area contributed by atoms with Gasteiger partial charge in [0.25, 0.3) is 5.56 Å². The zero-order valence-electron chi connectivity index (χ0n) is 12.4. The van der Waals surface area contributed by atoms with E-state index in [0.717, 1.165) is 11.0 Å². The Balaban J connectivity index is 0.00000361. The highest BCUT2D eigenvalue weighted by Crippen LogP contribution is 2.09. The summed E-state index contributed by atoms with van der Waals surface area (Å²) in [6.07, 6.45) is 1.42. The zero-order valence-corrected chi connectivity index (χ0v) is 15.4. The van der Waals surface area contributed by atoms with Gasteiger partial charge in [0.2, 0.25) is 5.88 Å². The summed E-state index contributed by atoms with van der Waals surface area (Å²) in [6.45, 7) is 1.44. The molecule has 0 atom stereocenters. The third-order valence-electron chi connectivity index (χ3n) is 2.79. The van der Waals surface area contributed by atoms with Gasteiger partial charge in [-0.1, -0.05) is 0 Å². The Morgan fingerprint density at radius 2 is 1.85 bits per heavy atom. The number of nitrogens with zero attached hydrogens (tertiary/aromatic N) is 4. The number of aromatic nitrogens is 2. The molecule has 0 aliphatic rings. The van der Waals surface area contributed by atoms with Gasteiger partial charge in [-0.15, -0.1) is 0 Å². The van der Waals surface area contributed by atoms with Gasteiger partial charge in [-0.2, -0.15) is 0 Å². The molecular formula is C12H21IN4O2S. The molecule has 1 aromatic rings. The van der Waals surface area contributed by atoms with Gasteiger partial charge < -0.3 is 33.6 Å². The van der Waals surface area contributed by atoms with Crippen LogP contribution in [0, 0.1) is 4.77 Å². The molecule has 114 valence electrons. The molecule has 0 fully saturated rings. The molecule has 0 radical (unpaired) electrons. The Hall–Kier alpha value is -0.740. The largest absolute Gasteiger partial charge is 1.00 e. The van der Waals surface area contributed by atoms with Gasteiger partial charge in [0, 0.05) is 20.3 Å². The van der Waals surface area contributed by atoms with Crippen molar-refractivity contribution in [2.45, 2.75) is 0 Å². The van der Waals surface area contributed by atoms with E-state index in [-0.39, 0.29) is 45.8 Å². The monoisotopic (exact) mass is 412 g/mol. The molecule has 1 rings (SSSR count). The fourth-order valence-electron chi connectivity index (χ4n) is 1.49. The van der Waals surface area contributed by atoms with E-state index in [1.54, 1.807) is 14.1 Å². The highest BCUT2D eigenvalue weighted by molar-refractivity contribution is 7.71. The molecule has 0 saturated heterocycles. The molecule has 6 nitrogen and oxygen atoms in total. The first-order chi connectivity index (χ1) is 8.65. The molecular weight excluding hydrogens is 391 g/mol. The van der Waals surface area contributed by atoms with Crippen LogP contribution in [-0.4, -0.2) is 59.2 Å². The summed E-state index contributed by atoms with van der Waals surface area (Å²) in [6, 6.07) is 0. The summed E-state index contributed by atoms with van der Waals surface area (Å²) >= 11 is 5.03. The van der Waals surface area contributed by atoms with Crippen molar-refractivity contribution in [2.24, 2.45) is 19.1 Å². The molecule has 0 saturated carbocycles. The van der Waals surface area contributed by atoms with E-state index in [1.165, 1.54) is 15.3 Å². The number of quaternary nitrogens is 1. The number of hydrogen-bond acceptors (Lipinski definition) is 4. The molecule has 0 spiro atoms. The fraction of sp³-hybridized carbons (Fsp3) is 0.583. The number of aliphatic imine (C=N–C) groups is 1. The minimum atomic E-state index is -0.338. The van der Waals surface area contributed by atoms with Crippen LogP contribution >= 0.6 is 12.2 Å². The van der Waals surface area contributed by atoms with Gasteiger partial charge in [0.15, 0.2) is 4.77 Å². The normalized spacial score (nSPS) is 11.7. The highest BCUT2D eigenvalue weighted by atomic mass is 127. The SMILES string of the molecule is Cn1c(O)c(C=NCC[N+](C)(C)C)c(=O)n(C)c1=S.[I-]. The van der Waals surface area contributed by atoms with Crippen molar-refractivity contribution in [2.75, 3.05) is 34.2 Å². The standard InChI is InChI=1S/C12H20N4O2S.HI/c1-14-10(17)9(11(18)15(2)12(14)19)8-13-6-7-16(3,4)5;/h8H,6-7H2,1-5H3;1H. The summed E-state index contributed by atoms with van der Waals surface area (Å²) < 4.78 is 3.76. The van der Waals surface area contributed by atoms with Gasteiger partial charge in [-0.3, -0.25) is 18.9 Å². The van der Waals surface area contributed by atoms with Crippen molar-refractivity contribution in [3.63, 3.8) is 0 Å². The molecule has 1 heterocycles. The van der Waals surface area contributed by atoms with E-state index in [2.05, 4.69) is 26.1 Å². The van der Waals surface area contributed by atoms with Crippen LogP contribution in [0.25, 0.3) is 0 Å². The fourth-order valence-corrected chi connectivity index (χ4v) is 1.66. The maximum Gasteiger partial charge on any atom is 0.266 e. The summed E-state index contributed by atoms with van der Waals surface area (Å²) in [5.74, 6) is -0.151. The third-order valence-corrected chi connectivity index (χ3v) is 3.34. The van der Waals surface area contributed by atoms with Crippen LogP contribution in [0.5, 0.6) is 5.88 Å². The number of halogens is 1. The lowest BCUT2D eigenvalue weighted by molar-refractivity contribution is -0.868. The average molecular weight is 412 g/mol. The van der Waals surface area contributed by atoms with Gasteiger partial charge in [0.05, 0.1) is 34.2 Å². The number of rotatable bonds is 4. The van der Waals surface area contributed by atoms with Gasteiger partial charge in [-0.25, -0.2) is 0 Å². The van der Waals surface area contributed by atoms with E-state index in [1.807, 2.05) is 0 Å². The second kappa shape index (κ2) is 7.32.